The summed E-state index contributed by atoms with van der Waals surface area (Å²) in [5.41, 5.74) is 0. The van der Waals surface area contributed by atoms with Crippen LogP contribution in [0, 0.1) is 5.92 Å². The fraction of sp³-hybridized carbons (Fsp3) is 0.750. The third kappa shape index (κ3) is 1.07. The van der Waals surface area contributed by atoms with Crippen molar-refractivity contribution in [2.45, 2.75) is 11.8 Å². The maximum atomic E-state index is 10.1. The number of hydrogen-bond donors (Lipinski definition) is 0. The van der Waals surface area contributed by atoms with Gasteiger partial charge in [-0.05, 0) is 18.0 Å². The van der Waals surface area contributed by atoms with Gasteiger partial charge in [-0.1, -0.05) is 0 Å². The Balaban J connectivity index is 2.33. The van der Waals surface area contributed by atoms with Crippen LogP contribution in [0.1, 0.15) is 6.42 Å². The molecule has 3 heteroatoms. The first-order valence-corrected chi connectivity index (χ1v) is 2.86. The maximum Gasteiger partial charge on any atom is 0.226 e. The third-order valence-electron chi connectivity index (χ3n) is 1.00. The zero-order valence-corrected chi connectivity index (χ0v) is 5.04. The molecule has 0 spiro atoms. The topological polar surface area (TPSA) is 17.1 Å². The van der Waals surface area contributed by atoms with Crippen LogP contribution in [0.5, 0.6) is 0 Å². The second kappa shape index (κ2) is 1.64. The quantitative estimate of drug-likeness (QED) is 0.396. The van der Waals surface area contributed by atoms with Crippen LogP contribution < -0.4 is 0 Å². The van der Waals surface area contributed by atoms with E-state index in [0.717, 1.165) is 6.42 Å². The van der Waals surface area contributed by atoms with Crippen molar-refractivity contribution in [2.24, 2.45) is 5.92 Å². The van der Waals surface area contributed by atoms with Gasteiger partial charge >= 0.3 is 0 Å². The molecule has 1 saturated carbocycles. The minimum atomic E-state index is -0.292. The lowest BCUT2D eigenvalue weighted by Gasteiger charge is -1.76. The van der Waals surface area contributed by atoms with E-state index in [1.165, 1.54) is 0 Å². The summed E-state index contributed by atoms with van der Waals surface area (Å²) in [6, 6.07) is 0. The number of alkyl halides is 1. The molecule has 1 aliphatic carbocycles. The molecule has 1 rings (SSSR count). The van der Waals surface area contributed by atoms with E-state index in [0.29, 0.717) is 0 Å². The van der Waals surface area contributed by atoms with Gasteiger partial charge in [-0.25, -0.2) is 0 Å². The van der Waals surface area contributed by atoms with Crippen molar-refractivity contribution in [1.82, 2.24) is 0 Å². The average Bonchev–Trinajstić information content (AvgIpc) is 2.17. The lowest BCUT2D eigenvalue weighted by molar-refractivity contribution is -0.112. The summed E-state index contributed by atoms with van der Waals surface area (Å²) in [6.07, 6.45) is 0.768. The van der Waals surface area contributed by atoms with Gasteiger partial charge in [0.2, 0.25) is 5.24 Å². The zero-order valence-electron chi connectivity index (χ0n) is 3.53. The predicted molar refractivity (Wildman–Crippen MR) is 28.6 cm³/mol. The molecule has 0 unspecified atom stereocenters. The van der Waals surface area contributed by atoms with Gasteiger partial charge in [0.1, 0.15) is 0 Å². The van der Waals surface area contributed by atoms with Gasteiger partial charge in [0.15, 0.2) is 0 Å². The lowest BCUT2D eigenvalue weighted by Crippen LogP contribution is -1.89. The minimum absolute atomic E-state index is 0.0324. The largest absolute Gasteiger partial charge is 0.281 e. The Morgan fingerprint density at radius 1 is 1.71 bits per heavy atom. The first-order chi connectivity index (χ1) is 3.22. The Labute approximate surface area is 51.6 Å². The average molecular weight is 139 g/mol. The van der Waals surface area contributed by atoms with Crippen molar-refractivity contribution < 1.29 is 4.79 Å². The fourth-order valence-electron chi connectivity index (χ4n) is 0.399. The monoisotopic (exact) mass is 138 g/mol. The highest BCUT2D eigenvalue weighted by atomic mass is 35.5. The number of carbonyl (C=O) groups excluding carboxylic acids is 1. The van der Waals surface area contributed by atoms with Crippen LogP contribution in [0.2, 0.25) is 0 Å². The van der Waals surface area contributed by atoms with Gasteiger partial charge in [0.05, 0.1) is 5.92 Å². The van der Waals surface area contributed by atoms with Gasteiger partial charge in [-0.15, -0.1) is 11.6 Å². The van der Waals surface area contributed by atoms with Gasteiger partial charge in [-0.2, -0.15) is 0 Å². The summed E-state index contributed by atoms with van der Waals surface area (Å²) in [6.45, 7) is 0. The molecule has 0 N–H and O–H groups in total. The van der Waals surface area contributed by atoms with Crippen molar-refractivity contribution in [1.29, 1.82) is 0 Å². The van der Waals surface area contributed by atoms with E-state index in [9.17, 15) is 4.79 Å². The predicted octanol–water partition coefficient (Wildman–Crippen LogP) is 1.38. The summed E-state index contributed by atoms with van der Waals surface area (Å²) in [5, 5.41) is -0.259. The SMILES string of the molecule is O=C(Cl)[C@@H]1C[C@H]1Cl. The molecule has 1 nitrogen and oxygen atoms in total. The van der Waals surface area contributed by atoms with Crippen molar-refractivity contribution in [2.75, 3.05) is 0 Å². The van der Waals surface area contributed by atoms with E-state index in [4.69, 9.17) is 23.2 Å². The first-order valence-electron chi connectivity index (χ1n) is 2.05. The summed E-state index contributed by atoms with van der Waals surface area (Å²) in [7, 11) is 0. The third-order valence-corrected chi connectivity index (χ3v) is 1.77. The van der Waals surface area contributed by atoms with E-state index < -0.39 is 0 Å². The maximum absolute atomic E-state index is 10.1. The van der Waals surface area contributed by atoms with Gasteiger partial charge in [-0.3, -0.25) is 4.79 Å². The first kappa shape index (κ1) is 5.39. The molecular weight excluding hydrogens is 135 g/mol. The molecule has 0 saturated heterocycles. The van der Waals surface area contributed by atoms with Crippen LogP contribution in [-0.2, 0) is 4.79 Å². The molecule has 0 aromatic rings. The van der Waals surface area contributed by atoms with E-state index in [2.05, 4.69) is 0 Å². The molecule has 0 radical (unpaired) electrons. The van der Waals surface area contributed by atoms with Crippen molar-refractivity contribution in [3.63, 3.8) is 0 Å². The molecule has 1 fully saturated rings. The Morgan fingerprint density at radius 2 is 2.14 bits per heavy atom. The van der Waals surface area contributed by atoms with E-state index in [-0.39, 0.29) is 16.5 Å². The summed E-state index contributed by atoms with van der Waals surface area (Å²) < 4.78 is 0. The van der Waals surface area contributed by atoms with Crippen LogP contribution in [0.3, 0.4) is 0 Å². The second-order valence-electron chi connectivity index (χ2n) is 1.66. The minimum Gasteiger partial charge on any atom is -0.281 e. The van der Waals surface area contributed by atoms with Crippen LogP contribution in [0.15, 0.2) is 0 Å². The number of rotatable bonds is 1. The van der Waals surface area contributed by atoms with Gasteiger partial charge in [0.25, 0.3) is 0 Å². The molecule has 0 amide bonds. The molecule has 0 aromatic carbocycles. The molecule has 0 bridgehead atoms. The van der Waals surface area contributed by atoms with Gasteiger partial charge in [0, 0.05) is 5.38 Å². The highest BCUT2D eigenvalue weighted by molar-refractivity contribution is 6.65. The van der Waals surface area contributed by atoms with Crippen LogP contribution in [0.25, 0.3) is 0 Å². The normalized spacial score (nSPS) is 38.0. The summed E-state index contributed by atoms with van der Waals surface area (Å²) >= 11 is 10.5. The molecule has 0 aliphatic heterocycles. The van der Waals surface area contributed by atoms with Crippen LogP contribution >= 0.6 is 23.2 Å². The Kier molecular flexibility index (Phi) is 1.26. The summed E-state index contributed by atoms with van der Waals surface area (Å²) in [4.78, 5) is 10.1. The van der Waals surface area contributed by atoms with Crippen molar-refractivity contribution in [3.8, 4) is 0 Å². The number of halogens is 2. The highest BCUT2D eigenvalue weighted by Gasteiger charge is 2.40. The van der Waals surface area contributed by atoms with Crippen LogP contribution in [-0.4, -0.2) is 10.6 Å². The lowest BCUT2D eigenvalue weighted by atomic mass is 10.5. The fourth-order valence-corrected chi connectivity index (χ4v) is 1.01. The molecular formula is C4H4Cl2O. The standard InChI is InChI=1S/C4H4Cl2O/c5-3-1-2(3)4(6)7/h2-3H,1H2/t2-,3-/m1/s1. The molecule has 0 heterocycles. The van der Waals surface area contributed by atoms with E-state index in [1.54, 1.807) is 0 Å². The van der Waals surface area contributed by atoms with Crippen molar-refractivity contribution >= 4 is 28.4 Å². The Bertz CT molecular complexity index is 102. The second-order valence-corrected chi connectivity index (χ2v) is 2.60. The number of hydrogen-bond acceptors (Lipinski definition) is 1. The molecule has 7 heavy (non-hydrogen) atoms. The van der Waals surface area contributed by atoms with E-state index in [1.807, 2.05) is 0 Å². The van der Waals surface area contributed by atoms with Crippen molar-refractivity contribution in [3.05, 3.63) is 0 Å². The zero-order chi connectivity index (χ0) is 5.44. The molecule has 2 atom stereocenters. The van der Waals surface area contributed by atoms with Gasteiger partial charge < -0.3 is 0 Å². The molecule has 1 aliphatic rings. The smallest absolute Gasteiger partial charge is 0.226 e. The Hall–Kier alpha value is 0.250. The Morgan fingerprint density at radius 3 is 2.14 bits per heavy atom. The molecule has 0 aromatic heterocycles. The highest BCUT2D eigenvalue weighted by Crippen LogP contribution is 2.37. The summed E-state index contributed by atoms with van der Waals surface area (Å²) in [5.74, 6) is -0.0386. The molecule has 40 valence electrons. The van der Waals surface area contributed by atoms with Crippen LogP contribution in [0.4, 0.5) is 0 Å². The number of carbonyl (C=O) groups is 1. The van der Waals surface area contributed by atoms with E-state index >= 15 is 0 Å².